The Bertz CT molecular complexity index is 846. The van der Waals surface area contributed by atoms with Crippen LogP contribution in [0.15, 0.2) is 24.3 Å². The van der Waals surface area contributed by atoms with Crippen LogP contribution in [0.4, 0.5) is 0 Å². The first kappa shape index (κ1) is 49.1. The van der Waals surface area contributed by atoms with Crippen LogP contribution in [0.5, 0.6) is 0 Å². The quantitative estimate of drug-likeness (QED) is 0.0207. The van der Waals surface area contributed by atoms with Crippen molar-refractivity contribution in [3.63, 3.8) is 0 Å². The van der Waals surface area contributed by atoms with Gasteiger partial charge in [-0.2, -0.15) is 0 Å². The number of rotatable bonds is 38. The van der Waals surface area contributed by atoms with Crippen molar-refractivity contribution in [2.24, 2.45) is 5.92 Å². The van der Waals surface area contributed by atoms with Crippen LogP contribution < -0.4 is 0 Å². The monoisotopic (exact) mass is 744 g/mol. The van der Waals surface area contributed by atoms with E-state index in [4.69, 9.17) is 20.0 Å². The molecule has 0 bridgehead atoms. The molecule has 1 atom stereocenters. The van der Waals surface area contributed by atoms with Crippen molar-refractivity contribution in [1.29, 1.82) is 0 Å². The molecule has 5 heteroatoms. The smallest absolute Gasteiger partial charge is 0.333 e. The van der Waals surface area contributed by atoms with E-state index < -0.39 is 8.56 Å². The molecule has 0 radical (unpaired) electrons. The fourth-order valence-electron chi connectivity index (χ4n) is 7.50. The molecule has 1 unspecified atom stereocenters. The van der Waals surface area contributed by atoms with E-state index in [2.05, 4.69) is 62.2 Å². The van der Waals surface area contributed by atoms with Crippen molar-refractivity contribution in [3.05, 3.63) is 24.3 Å². The van der Waals surface area contributed by atoms with Crippen LogP contribution in [0.2, 0.25) is 13.1 Å². The molecule has 0 amide bonds. The van der Waals surface area contributed by atoms with Gasteiger partial charge in [-0.05, 0) is 96.8 Å². The molecule has 1 fully saturated rings. The minimum Gasteiger partial charge on any atom is -0.394 e. The van der Waals surface area contributed by atoms with E-state index >= 15 is 0 Å². The van der Waals surface area contributed by atoms with Crippen molar-refractivity contribution >= 4 is 8.56 Å². The second-order valence-corrected chi connectivity index (χ2v) is 19.8. The van der Waals surface area contributed by atoms with Crippen LogP contribution in [0, 0.1) is 18.3 Å². The summed E-state index contributed by atoms with van der Waals surface area (Å²) in [6.45, 7) is 10.1. The Kier molecular flexibility index (Phi) is 35.0. The number of ether oxygens (including phenoxy) is 1. The fraction of sp³-hybridized carbons (Fsp3) is 0.872. The molecule has 0 heterocycles. The highest BCUT2D eigenvalue weighted by Crippen LogP contribution is 2.28. The Morgan fingerprint density at radius 3 is 1.88 bits per heavy atom. The number of allylic oxidation sites excluding steroid dienone is 4. The lowest BCUT2D eigenvalue weighted by atomic mass is 9.85. The number of hydrogen-bond acceptors (Lipinski definition) is 4. The lowest BCUT2D eigenvalue weighted by molar-refractivity contribution is -0.104. The normalized spacial score (nSPS) is 15.0. The standard InChI is InChI=1S/C47H89NO3Si/c1-6-8-9-10-11-12-13-14-15-16-17-20-23-26-34-41-47(51-52(4,5)50-45-37-29-27-35-43-48(3)42-7-2)49-44-36-28-24-21-18-19-22-25-31-38-46-39-32-30-33-40-46/h2,11-12,14-15,46-47H,6,8-10,13,16-45H2,1,3-5H3/b12-11-,15-14-. The Morgan fingerprint density at radius 1 is 0.673 bits per heavy atom. The van der Waals surface area contributed by atoms with Crippen molar-refractivity contribution in [2.75, 3.05) is 33.4 Å². The molecule has 4 nitrogen and oxygen atoms in total. The summed E-state index contributed by atoms with van der Waals surface area (Å²) in [5.74, 6) is 3.78. The third-order valence-electron chi connectivity index (χ3n) is 10.8. The molecule has 1 rings (SSSR count). The zero-order valence-corrected chi connectivity index (χ0v) is 36.5. The van der Waals surface area contributed by atoms with Crippen LogP contribution in [0.1, 0.15) is 206 Å². The summed E-state index contributed by atoms with van der Waals surface area (Å²) < 4.78 is 19.4. The van der Waals surface area contributed by atoms with Gasteiger partial charge in [-0.3, -0.25) is 4.90 Å². The van der Waals surface area contributed by atoms with Crippen LogP contribution in [0.25, 0.3) is 0 Å². The molecule has 0 spiro atoms. The van der Waals surface area contributed by atoms with Gasteiger partial charge < -0.3 is 13.6 Å². The van der Waals surface area contributed by atoms with Gasteiger partial charge in [0.2, 0.25) is 0 Å². The molecule has 52 heavy (non-hydrogen) atoms. The molecule has 0 aromatic rings. The molecule has 304 valence electrons. The maximum absolute atomic E-state index is 6.63. The van der Waals surface area contributed by atoms with Crippen molar-refractivity contribution in [3.8, 4) is 12.3 Å². The number of hydrogen-bond donors (Lipinski definition) is 0. The lowest BCUT2D eigenvalue weighted by Gasteiger charge is -2.29. The molecule has 0 aliphatic heterocycles. The van der Waals surface area contributed by atoms with Gasteiger partial charge in [-0.25, -0.2) is 0 Å². The summed E-state index contributed by atoms with van der Waals surface area (Å²) in [5.41, 5.74) is 0. The predicted octanol–water partition coefficient (Wildman–Crippen LogP) is 14.5. The molecule has 1 saturated carbocycles. The molecule has 1 aliphatic carbocycles. The van der Waals surface area contributed by atoms with Gasteiger partial charge in [-0.1, -0.05) is 172 Å². The number of unbranched alkanes of at least 4 members (excludes halogenated alkanes) is 19. The van der Waals surface area contributed by atoms with E-state index in [0.29, 0.717) is 0 Å². The summed E-state index contributed by atoms with van der Waals surface area (Å²) in [6.07, 6.45) is 55.5. The van der Waals surface area contributed by atoms with Crippen molar-refractivity contribution in [1.82, 2.24) is 4.90 Å². The molecule has 1 aliphatic rings. The van der Waals surface area contributed by atoms with Gasteiger partial charge in [0, 0.05) is 13.2 Å². The van der Waals surface area contributed by atoms with Crippen molar-refractivity contribution < 1.29 is 13.6 Å². The van der Waals surface area contributed by atoms with Crippen LogP contribution in [-0.4, -0.2) is 53.1 Å². The van der Waals surface area contributed by atoms with Gasteiger partial charge >= 0.3 is 8.56 Å². The van der Waals surface area contributed by atoms with E-state index in [9.17, 15) is 0 Å². The third kappa shape index (κ3) is 33.6. The number of terminal acetylenes is 1. The molecule has 0 aromatic carbocycles. The first-order valence-electron chi connectivity index (χ1n) is 22.8. The van der Waals surface area contributed by atoms with Crippen LogP contribution >= 0.6 is 0 Å². The Balaban J connectivity index is 2.24. The fourth-order valence-corrected chi connectivity index (χ4v) is 9.03. The first-order valence-corrected chi connectivity index (χ1v) is 25.6. The molecular weight excluding hydrogens is 655 g/mol. The Labute approximate surface area is 327 Å². The average molecular weight is 744 g/mol. The lowest BCUT2D eigenvalue weighted by Crippen LogP contribution is -2.40. The highest BCUT2D eigenvalue weighted by atomic mass is 28.4. The van der Waals surface area contributed by atoms with Crippen molar-refractivity contribution in [2.45, 2.75) is 225 Å². The van der Waals surface area contributed by atoms with Crippen LogP contribution in [-0.2, 0) is 13.6 Å². The summed E-state index contributed by atoms with van der Waals surface area (Å²) in [4.78, 5) is 2.22. The summed E-state index contributed by atoms with van der Waals surface area (Å²) in [6, 6.07) is 0. The zero-order chi connectivity index (χ0) is 37.6. The summed E-state index contributed by atoms with van der Waals surface area (Å²) >= 11 is 0. The molecule has 0 saturated heterocycles. The predicted molar refractivity (Wildman–Crippen MR) is 231 cm³/mol. The second-order valence-electron chi connectivity index (χ2n) is 16.5. The second kappa shape index (κ2) is 37.0. The van der Waals surface area contributed by atoms with Gasteiger partial charge in [0.05, 0.1) is 6.54 Å². The Morgan fingerprint density at radius 2 is 1.23 bits per heavy atom. The van der Waals surface area contributed by atoms with Crippen LogP contribution in [0.3, 0.4) is 0 Å². The molecular formula is C47H89NO3Si. The number of nitrogens with zero attached hydrogens (tertiary/aromatic N) is 1. The zero-order valence-electron chi connectivity index (χ0n) is 35.5. The van der Waals surface area contributed by atoms with Gasteiger partial charge in [0.1, 0.15) is 6.29 Å². The highest BCUT2D eigenvalue weighted by Gasteiger charge is 2.29. The third-order valence-corrected chi connectivity index (χ3v) is 12.6. The van der Waals surface area contributed by atoms with Gasteiger partial charge in [-0.15, -0.1) is 6.42 Å². The van der Waals surface area contributed by atoms with E-state index in [-0.39, 0.29) is 6.29 Å². The highest BCUT2D eigenvalue weighted by molar-refractivity contribution is 6.64. The van der Waals surface area contributed by atoms with E-state index in [1.165, 1.54) is 173 Å². The molecule has 0 N–H and O–H groups in total. The summed E-state index contributed by atoms with van der Waals surface area (Å²) in [5, 5.41) is 0. The Hall–Kier alpha value is -0.903. The largest absolute Gasteiger partial charge is 0.394 e. The maximum Gasteiger partial charge on any atom is 0.333 e. The van der Waals surface area contributed by atoms with Gasteiger partial charge in [0.15, 0.2) is 0 Å². The minimum atomic E-state index is -2.25. The van der Waals surface area contributed by atoms with Gasteiger partial charge in [0.25, 0.3) is 0 Å². The molecule has 0 aromatic heterocycles. The van der Waals surface area contributed by atoms with E-state index in [1.54, 1.807) is 0 Å². The SMILES string of the molecule is C#CCN(C)CCCCCCO[Si](C)(C)OC(CCCCCCC/C=C\C/C=C\CCCCC)OCCCCCCCCCCCC1CCCCC1. The topological polar surface area (TPSA) is 30.9 Å². The maximum atomic E-state index is 6.63. The summed E-state index contributed by atoms with van der Waals surface area (Å²) in [7, 11) is -0.150. The average Bonchev–Trinajstić information content (AvgIpc) is 3.13. The minimum absolute atomic E-state index is 0.125. The van der Waals surface area contributed by atoms with E-state index in [1.807, 2.05) is 0 Å². The first-order chi connectivity index (χ1) is 25.5. The van der Waals surface area contributed by atoms with E-state index in [0.717, 1.165) is 57.9 Å².